The molecule has 0 saturated heterocycles. The highest BCUT2D eigenvalue weighted by atomic mass is 16.5. The summed E-state index contributed by atoms with van der Waals surface area (Å²) >= 11 is 0. The van der Waals surface area contributed by atoms with Crippen molar-refractivity contribution >= 4 is 17.1 Å². The highest BCUT2D eigenvalue weighted by Crippen LogP contribution is 2.31. The van der Waals surface area contributed by atoms with Crippen molar-refractivity contribution in [2.24, 2.45) is 0 Å². The molecule has 0 unspecified atom stereocenters. The Morgan fingerprint density at radius 2 is 1.83 bits per heavy atom. The Morgan fingerprint density at radius 3 is 2.50 bits per heavy atom. The second kappa shape index (κ2) is 5.31. The van der Waals surface area contributed by atoms with Gasteiger partial charge in [0, 0.05) is 17.4 Å². The van der Waals surface area contributed by atoms with Gasteiger partial charge in [-0.15, -0.1) is 0 Å². The number of nitrogens with one attached hydrogen (secondary N) is 1. The van der Waals surface area contributed by atoms with Crippen LogP contribution in [-0.2, 0) is 0 Å². The van der Waals surface area contributed by atoms with E-state index in [0.717, 1.165) is 22.9 Å². The van der Waals surface area contributed by atoms with Gasteiger partial charge in [-0.2, -0.15) is 0 Å². The summed E-state index contributed by atoms with van der Waals surface area (Å²) in [6.07, 6.45) is 0. The van der Waals surface area contributed by atoms with Crippen molar-refractivity contribution in [1.82, 2.24) is 0 Å². The van der Waals surface area contributed by atoms with Crippen LogP contribution in [-0.4, -0.2) is 14.2 Å². The van der Waals surface area contributed by atoms with Crippen LogP contribution in [0, 0.1) is 0 Å². The summed E-state index contributed by atoms with van der Waals surface area (Å²) < 4.78 is 10.5. The first-order chi connectivity index (χ1) is 8.72. The number of ether oxygens (including phenoxy) is 2. The molecule has 0 amide bonds. The fraction of sp³-hybridized carbons (Fsp3) is 0.143. The molecule has 0 atom stereocenters. The molecule has 0 bridgehead atoms. The average Bonchev–Trinajstić information content (AvgIpc) is 2.39. The summed E-state index contributed by atoms with van der Waals surface area (Å²) in [6.45, 7) is 0. The molecule has 0 radical (unpaired) electrons. The molecule has 0 aliphatic rings. The zero-order valence-corrected chi connectivity index (χ0v) is 10.4. The molecule has 4 heteroatoms. The first kappa shape index (κ1) is 12.1. The van der Waals surface area contributed by atoms with Gasteiger partial charge >= 0.3 is 0 Å². The predicted molar refractivity (Wildman–Crippen MR) is 73.7 cm³/mol. The average molecular weight is 244 g/mol. The van der Waals surface area contributed by atoms with Crippen molar-refractivity contribution in [2.45, 2.75) is 0 Å². The highest BCUT2D eigenvalue weighted by molar-refractivity contribution is 5.69. The van der Waals surface area contributed by atoms with Crippen molar-refractivity contribution in [3.05, 3.63) is 42.5 Å². The van der Waals surface area contributed by atoms with Crippen molar-refractivity contribution in [1.29, 1.82) is 0 Å². The Bertz CT molecular complexity index is 541. The van der Waals surface area contributed by atoms with E-state index >= 15 is 0 Å². The first-order valence-electron chi connectivity index (χ1n) is 5.57. The smallest absolute Gasteiger partial charge is 0.145 e. The Balaban J connectivity index is 2.28. The summed E-state index contributed by atoms with van der Waals surface area (Å²) in [5.41, 5.74) is 8.23. The van der Waals surface area contributed by atoms with E-state index in [9.17, 15) is 0 Å². The van der Waals surface area contributed by atoms with Gasteiger partial charge in [0.2, 0.25) is 0 Å². The Kier molecular flexibility index (Phi) is 3.57. The molecule has 18 heavy (non-hydrogen) atoms. The van der Waals surface area contributed by atoms with E-state index in [2.05, 4.69) is 5.32 Å². The summed E-state index contributed by atoms with van der Waals surface area (Å²) in [6, 6.07) is 13.2. The molecule has 0 heterocycles. The third-order valence-corrected chi connectivity index (χ3v) is 2.57. The van der Waals surface area contributed by atoms with Gasteiger partial charge in [-0.1, -0.05) is 6.07 Å². The molecule has 0 fully saturated rings. The molecular weight excluding hydrogens is 228 g/mol. The van der Waals surface area contributed by atoms with Gasteiger partial charge in [0.25, 0.3) is 0 Å². The number of hydrogen-bond acceptors (Lipinski definition) is 4. The minimum atomic E-state index is 0.715. The molecule has 2 rings (SSSR count). The lowest BCUT2D eigenvalue weighted by atomic mass is 10.2. The van der Waals surface area contributed by atoms with Gasteiger partial charge in [-0.25, -0.2) is 0 Å². The molecule has 2 aromatic carbocycles. The monoisotopic (exact) mass is 244 g/mol. The standard InChI is InChI=1S/C14H16N2O2/c1-17-12-6-7-13(14(9-12)18-2)16-11-5-3-4-10(15)8-11/h3-9,16H,15H2,1-2H3. The van der Waals surface area contributed by atoms with Crippen LogP contribution in [0.4, 0.5) is 17.1 Å². The van der Waals surface area contributed by atoms with E-state index in [1.807, 2.05) is 42.5 Å². The van der Waals surface area contributed by atoms with E-state index in [1.54, 1.807) is 14.2 Å². The maximum absolute atomic E-state index is 5.74. The molecular formula is C14H16N2O2. The van der Waals surface area contributed by atoms with E-state index in [1.165, 1.54) is 0 Å². The Hall–Kier alpha value is -2.36. The molecule has 0 aromatic heterocycles. The second-order valence-corrected chi connectivity index (χ2v) is 3.82. The number of hydrogen-bond donors (Lipinski definition) is 2. The van der Waals surface area contributed by atoms with Crippen LogP contribution in [0.1, 0.15) is 0 Å². The van der Waals surface area contributed by atoms with Crippen molar-refractivity contribution in [3.8, 4) is 11.5 Å². The summed E-state index contributed by atoms with van der Waals surface area (Å²) in [5, 5.41) is 3.26. The van der Waals surface area contributed by atoms with Gasteiger partial charge in [0.15, 0.2) is 0 Å². The number of benzene rings is 2. The highest BCUT2D eigenvalue weighted by Gasteiger charge is 2.05. The van der Waals surface area contributed by atoms with Crippen LogP contribution in [0.2, 0.25) is 0 Å². The summed E-state index contributed by atoms with van der Waals surface area (Å²) in [7, 11) is 3.25. The third-order valence-electron chi connectivity index (χ3n) is 2.57. The third kappa shape index (κ3) is 2.66. The number of nitrogen functional groups attached to an aromatic ring is 1. The lowest BCUT2D eigenvalue weighted by Gasteiger charge is -2.12. The molecule has 0 aliphatic carbocycles. The summed E-state index contributed by atoms with van der Waals surface area (Å²) in [5.74, 6) is 1.47. The van der Waals surface area contributed by atoms with Crippen LogP contribution in [0.15, 0.2) is 42.5 Å². The Morgan fingerprint density at radius 1 is 1.00 bits per heavy atom. The lowest BCUT2D eigenvalue weighted by molar-refractivity contribution is 0.395. The zero-order chi connectivity index (χ0) is 13.0. The number of rotatable bonds is 4. The van der Waals surface area contributed by atoms with Crippen molar-refractivity contribution in [2.75, 3.05) is 25.3 Å². The Labute approximate surface area is 106 Å². The van der Waals surface area contributed by atoms with Gasteiger partial charge in [-0.05, 0) is 30.3 Å². The maximum atomic E-state index is 5.74. The minimum Gasteiger partial charge on any atom is -0.497 e. The molecule has 94 valence electrons. The van der Waals surface area contributed by atoms with Crippen molar-refractivity contribution in [3.63, 3.8) is 0 Å². The lowest BCUT2D eigenvalue weighted by Crippen LogP contribution is -1.96. The summed E-state index contributed by atoms with van der Waals surface area (Å²) in [4.78, 5) is 0. The maximum Gasteiger partial charge on any atom is 0.145 e. The largest absolute Gasteiger partial charge is 0.497 e. The van der Waals surface area contributed by atoms with Gasteiger partial charge in [-0.3, -0.25) is 0 Å². The number of anilines is 3. The normalized spacial score (nSPS) is 9.89. The second-order valence-electron chi connectivity index (χ2n) is 3.82. The fourth-order valence-electron chi connectivity index (χ4n) is 1.67. The molecule has 4 nitrogen and oxygen atoms in total. The quantitative estimate of drug-likeness (QED) is 0.812. The SMILES string of the molecule is COc1ccc(Nc2cccc(N)c2)c(OC)c1. The number of nitrogens with two attached hydrogens (primary N) is 1. The molecule has 2 aromatic rings. The number of methoxy groups -OCH3 is 2. The molecule has 0 aliphatic heterocycles. The predicted octanol–water partition coefficient (Wildman–Crippen LogP) is 3.03. The first-order valence-corrected chi connectivity index (χ1v) is 5.57. The zero-order valence-electron chi connectivity index (χ0n) is 10.4. The van der Waals surface area contributed by atoms with Gasteiger partial charge < -0.3 is 20.5 Å². The van der Waals surface area contributed by atoms with E-state index in [-0.39, 0.29) is 0 Å². The minimum absolute atomic E-state index is 0.715. The van der Waals surface area contributed by atoms with Crippen LogP contribution < -0.4 is 20.5 Å². The van der Waals surface area contributed by atoms with Crippen molar-refractivity contribution < 1.29 is 9.47 Å². The fourth-order valence-corrected chi connectivity index (χ4v) is 1.67. The van der Waals surface area contributed by atoms with Crippen LogP contribution in [0.3, 0.4) is 0 Å². The topological polar surface area (TPSA) is 56.5 Å². The van der Waals surface area contributed by atoms with E-state index in [0.29, 0.717) is 5.69 Å². The molecule has 3 N–H and O–H groups in total. The molecule has 0 spiro atoms. The molecule has 0 saturated carbocycles. The van der Waals surface area contributed by atoms with E-state index < -0.39 is 0 Å². The van der Waals surface area contributed by atoms with Crippen LogP contribution in [0.25, 0.3) is 0 Å². The van der Waals surface area contributed by atoms with Gasteiger partial charge in [0.1, 0.15) is 11.5 Å². The van der Waals surface area contributed by atoms with Gasteiger partial charge in [0.05, 0.1) is 19.9 Å². The van der Waals surface area contributed by atoms with Crippen LogP contribution >= 0.6 is 0 Å². The van der Waals surface area contributed by atoms with E-state index in [4.69, 9.17) is 15.2 Å². The van der Waals surface area contributed by atoms with Crippen LogP contribution in [0.5, 0.6) is 11.5 Å².